The zero-order chi connectivity index (χ0) is 33.1. The summed E-state index contributed by atoms with van der Waals surface area (Å²) in [6.07, 6.45) is 4.68. The van der Waals surface area contributed by atoms with Gasteiger partial charge >= 0.3 is 0 Å². The first kappa shape index (κ1) is 31.1. The van der Waals surface area contributed by atoms with Crippen molar-refractivity contribution in [1.29, 1.82) is 0 Å². The van der Waals surface area contributed by atoms with Crippen molar-refractivity contribution < 1.29 is 0 Å². The van der Waals surface area contributed by atoms with Gasteiger partial charge in [-0.05, 0) is 61.3 Å². The van der Waals surface area contributed by atoms with Crippen molar-refractivity contribution in [2.24, 2.45) is 5.18 Å². The molecule has 238 valence electrons. The Hall–Kier alpha value is -5.54. The van der Waals surface area contributed by atoms with Gasteiger partial charge in [-0.15, -0.1) is 10.2 Å². The van der Waals surface area contributed by atoms with Gasteiger partial charge in [-0.2, -0.15) is 4.91 Å². The fourth-order valence-corrected chi connectivity index (χ4v) is 10.7. The zero-order valence-electron chi connectivity index (χ0n) is 27.4. The van der Waals surface area contributed by atoms with E-state index in [4.69, 9.17) is 0 Å². The minimum atomic E-state index is -2.30. The van der Waals surface area contributed by atoms with Crippen LogP contribution in [-0.2, 0) is 26.1 Å². The Bertz CT molecular complexity index is 2110. The van der Waals surface area contributed by atoms with Crippen LogP contribution in [0.1, 0.15) is 51.7 Å². The van der Waals surface area contributed by atoms with Crippen molar-refractivity contribution in [3.05, 3.63) is 171 Å². The van der Waals surface area contributed by atoms with E-state index in [2.05, 4.69) is 155 Å². The topological polar surface area (TPSA) is 90.8 Å². The molecule has 1 aliphatic rings. The zero-order valence-corrected chi connectivity index (χ0v) is 28.4. The first-order valence-electron chi connectivity index (χ1n) is 16.3. The molecule has 6 aromatic rings. The SMILES string of the molecule is CCc1cn(Cc2ccc(C3=C(c4ccccc4)C(c4ccccc4)=C(c4ccc(Cn5cc(CN=O)nn5)cc4)[Si]3(C)C)cc2)nn1. The normalized spacial score (nSPS) is 14.1. The number of nitroso groups, excluding NO2 is 1. The van der Waals surface area contributed by atoms with Crippen molar-refractivity contribution in [2.75, 3.05) is 0 Å². The van der Waals surface area contributed by atoms with Crippen LogP contribution in [0.25, 0.3) is 21.5 Å². The molecule has 7 rings (SSSR count). The van der Waals surface area contributed by atoms with Gasteiger partial charge in [-0.3, -0.25) is 0 Å². The number of nitrogens with zero attached hydrogens (tertiary/aromatic N) is 7. The molecule has 4 aromatic carbocycles. The standard InChI is InChI=1S/C39H37N7OSi/c1-4-34-26-45(43-41-34)24-28-15-19-32(20-16-28)38-36(30-11-7-5-8-12-30)37(31-13-9-6-10-14-31)39(48(38,2)3)33-21-17-29(18-22-33)25-46-27-35(23-40-47)42-44-46/h5-22,26-27H,4,23-25H2,1-3H3. The first-order valence-corrected chi connectivity index (χ1v) is 19.3. The Balaban J connectivity index is 1.32. The summed E-state index contributed by atoms with van der Waals surface area (Å²) in [7, 11) is -2.30. The molecule has 0 atom stereocenters. The molecule has 0 bridgehead atoms. The van der Waals surface area contributed by atoms with Crippen LogP contribution >= 0.6 is 0 Å². The molecule has 0 saturated heterocycles. The number of rotatable bonds is 11. The Kier molecular flexibility index (Phi) is 8.60. The number of hydrogen-bond acceptors (Lipinski definition) is 6. The van der Waals surface area contributed by atoms with Crippen LogP contribution in [0, 0.1) is 4.91 Å². The third-order valence-corrected chi connectivity index (χ3v) is 12.6. The maximum atomic E-state index is 10.7. The van der Waals surface area contributed by atoms with E-state index >= 15 is 0 Å². The molecule has 0 radical (unpaired) electrons. The number of aromatic nitrogens is 6. The van der Waals surface area contributed by atoms with E-state index in [-0.39, 0.29) is 6.54 Å². The van der Waals surface area contributed by atoms with Crippen molar-refractivity contribution in [1.82, 2.24) is 30.0 Å². The van der Waals surface area contributed by atoms with Gasteiger partial charge in [0.25, 0.3) is 0 Å². The van der Waals surface area contributed by atoms with Crippen LogP contribution in [0.2, 0.25) is 13.1 Å². The highest BCUT2D eigenvalue weighted by molar-refractivity contribution is 7.13. The Morgan fingerprint density at radius 1 is 0.583 bits per heavy atom. The quantitative estimate of drug-likeness (QED) is 0.105. The van der Waals surface area contributed by atoms with E-state index in [0.29, 0.717) is 18.8 Å². The third-order valence-electron chi connectivity index (χ3n) is 9.06. The molecule has 8 nitrogen and oxygen atoms in total. The summed E-state index contributed by atoms with van der Waals surface area (Å²) in [6, 6.07) is 39.6. The summed E-state index contributed by atoms with van der Waals surface area (Å²) in [6.45, 7) is 8.35. The molecular weight excluding hydrogens is 611 g/mol. The Morgan fingerprint density at radius 2 is 1.02 bits per heavy atom. The Labute approximate surface area is 281 Å². The fourth-order valence-electron chi connectivity index (χ4n) is 6.86. The van der Waals surface area contributed by atoms with Crippen LogP contribution in [0.3, 0.4) is 0 Å². The summed E-state index contributed by atoms with van der Waals surface area (Å²) in [5.41, 5.74) is 11.4. The van der Waals surface area contributed by atoms with E-state index < -0.39 is 8.07 Å². The van der Waals surface area contributed by atoms with Crippen molar-refractivity contribution in [3.63, 3.8) is 0 Å². The van der Waals surface area contributed by atoms with Crippen molar-refractivity contribution in [3.8, 4) is 0 Å². The predicted octanol–water partition coefficient (Wildman–Crippen LogP) is 8.12. The molecule has 3 heterocycles. The summed E-state index contributed by atoms with van der Waals surface area (Å²) in [5.74, 6) is 0. The second-order valence-electron chi connectivity index (χ2n) is 12.7. The van der Waals surface area contributed by atoms with E-state index in [1.807, 2.05) is 10.9 Å². The van der Waals surface area contributed by atoms with Gasteiger partial charge in [0.2, 0.25) is 0 Å². The summed E-state index contributed by atoms with van der Waals surface area (Å²) in [5, 5.41) is 22.6. The van der Waals surface area contributed by atoms with Gasteiger partial charge in [-0.25, -0.2) is 9.36 Å². The van der Waals surface area contributed by atoms with Crippen LogP contribution in [0.5, 0.6) is 0 Å². The molecule has 0 N–H and O–H groups in total. The number of aryl methyl sites for hydroxylation is 1. The molecule has 0 fully saturated rings. The lowest BCUT2D eigenvalue weighted by molar-refractivity contribution is 0.649. The monoisotopic (exact) mass is 647 g/mol. The maximum Gasteiger partial charge on any atom is 0.127 e. The van der Waals surface area contributed by atoms with Crippen LogP contribution in [0.15, 0.2) is 127 Å². The lowest BCUT2D eigenvalue weighted by atomic mass is 9.89. The molecule has 2 aromatic heterocycles. The van der Waals surface area contributed by atoms with Gasteiger partial charge in [0, 0.05) is 6.20 Å². The lowest BCUT2D eigenvalue weighted by Crippen LogP contribution is -2.28. The predicted molar refractivity (Wildman–Crippen MR) is 194 cm³/mol. The van der Waals surface area contributed by atoms with Crippen LogP contribution in [0.4, 0.5) is 0 Å². The van der Waals surface area contributed by atoms with E-state index in [9.17, 15) is 4.91 Å². The van der Waals surface area contributed by atoms with Crippen molar-refractivity contribution >= 4 is 29.6 Å². The van der Waals surface area contributed by atoms with Gasteiger partial charge < -0.3 is 0 Å². The first-order chi connectivity index (χ1) is 23.4. The van der Waals surface area contributed by atoms with E-state index in [0.717, 1.165) is 17.7 Å². The third kappa shape index (κ3) is 6.12. The molecule has 0 saturated carbocycles. The number of benzene rings is 4. The minimum Gasteiger partial charge on any atom is -0.248 e. The average Bonchev–Trinajstić information content (AvgIpc) is 3.82. The summed E-state index contributed by atoms with van der Waals surface area (Å²) >= 11 is 0. The van der Waals surface area contributed by atoms with Gasteiger partial charge in [0.15, 0.2) is 0 Å². The minimum absolute atomic E-state index is 0.0263. The molecular formula is C39H37N7OSi. The molecule has 0 amide bonds. The second-order valence-corrected chi connectivity index (χ2v) is 17.0. The smallest absolute Gasteiger partial charge is 0.127 e. The summed E-state index contributed by atoms with van der Waals surface area (Å²) < 4.78 is 3.67. The van der Waals surface area contributed by atoms with Crippen LogP contribution in [-0.4, -0.2) is 38.1 Å². The molecule has 0 unspecified atom stereocenters. The molecule has 48 heavy (non-hydrogen) atoms. The van der Waals surface area contributed by atoms with Gasteiger partial charge in [0.1, 0.15) is 20.3 Å². The van der Waals surface area contributed by atoms with Gasteiger partial charge in [0.05, 0.1) is 25.0 Å². The second kappa shape index (κ2) is 13.3. The highest BCUT2D eigenvalue weighted by Gasteiger charge is 2.43. The lowest BCUT2D eigenvalue weighted by Gasteiger charge is -2.27. The highest BCUT2D eigenvalue weighted by atomic mass is 28.3. The average molecular weight is 648 g/mol. The summed E-state index contributed by atoms with van der Waals surface area (Å²) in [4.78, 5) is 10.7. The largest absolute Gasteiger partial charge is 0.248 e. The fraction of sp³-hybridized carbons (Fsp3) is 0.179. The molecule has 0 aliphatic carbocycles. The van der Waals surface area contributed by atoms with E-state index in [1.165, 1.54) is 49.4 Å². The van der Waals surface area contributed by atoms with Crippen LogP contribution < -0.4 is 0 Å². The number of allylic oxidation sites excluding steroid dienone is 2. The number of hydrogen-bond donors (Lipinski definition) is 0. The highest BCUT2D eigenvalue weighted by Crippen LogP contribution is 2.55. The molecule has 0 spiro atoms. The Morgan fingerprint density at radius 3 is 1.44 bits per heavy atom. The molecule has 1 aliphatic heterocycles. The van der Waals surface area contributed by atoms with Crippen molar-refractivity contribution in [2.45, 2.75) is 46.1 Å². The van der Waals surface area contributed by atoms with Gasteiger partial charge in [-0.1, -0.05) is 145 Å². The maximum absolute atomic E-state index is 10.7. The molecule has 9 heteroatoms. The van der Waals surface area contributed by atoms with E-state index in [1.54, 1.807) is 10.9 Å².